The second kappa shape index (κ2) is 12.1. The number of nitrogens with zero attached hydrogens (tertiary/aromatic N) is 4. The minimum atomic E-state index is -1.21. The first-order valence-corrected chi connectivity index (χ1v) is 13.2. The highest BCUT2D eigenvalue weighted by Crippen LogP contribution is 2.33. The number of carboxylic acids is 1. The lowest BCUT2D eigenvalue weighted by Crippen LogP contribution is -2.44. The minimum Gasteiger partial charge on any atom is -0.491 e. The van der Waals surface area contributed by atoms with Crippen LogP contribution in [0.25, 0.3) is 5.57 Å². The van der Waals surface area contributed by atoms with Gasteiger partial charge in [0.1, 0.15) is 17.5 Å². The first-order chi connectivity index (χ1) is 19.4. The van der Waals surface area contributed by atoms with Gasteiger partial charge in [-0.05, 0) is 39.3 Å². The molecule has 1 aliphatic heterocycles. The van der Waals surface area contributed by atoms with Gasteiger partial charge >= 0.3 is 12.1 Å². The average molecular weight is 589 g/mol. The summed E-state index contributed by atoms with van der Waals surface area (Å²) in [5.74, 6) is -1.76. The molecule has 4 rings (SSSR count). The third-order valence-electron chi connectivity index (χ3n) is 6.25. The number of ether oxygens (including phenoxy) is 2. The number of alkyl halides is 1. The third kappa shape index (κ3) is 7.09. The van der Waals surface area contributed by atoms with Crippen LogP contribution in [0.2, 0.25) is 0 Å². The molecule has 41 heavy (non-hydrogen) atoms. The van der Waals surface area contributed by atoms with Crippen LogP contribution in [0.5, 0.6) is 5.75 Å². The molecule has 2 aromatic heterocycles. The van der Waals surface area contributed by atoms with Gasteiger partial charge in [-0.2, -0.15) is 0 Å². The third-order valence-corrected chi connectivity index (χ3v) is 6.55. The highest BCUT2D eigenvalue weighted by Gasteiger charge is 2.42. The van der Waals surface area contributed by atoms with Crippen LogP contribution in [0.4, 0.5) is 20.7 Å². The molecule has 2 aromatic rings. The number of aliphatic carboxylic acids is 1. The van der Waals surface area contributed by atoms with Gasteiger partial charge in [0.25, 0.3) is 5.91 Å². The van der Waals surface area contributed by atoms with E-state index in [0.29, 0.717) is 5.69 Å². The molecule has 3 heterocycles. The maximum Gasteiger partial charge on any atom is 0.411 e. The van der Waals surface area contributed by atoms with Crippen molar-refractivity contribution < 1.29 is 33.4 Å². The number of aromatic nitrogens is 3. The summed E-state index contributed by atoms with van der Waals surface area (Å²) in [6, 6.07) is -0.292. The maximum absolute atomic E-state index is 14.5. The molecular weight excluding hydrogens is 559 g/mol. The molecule has 2 aliphatic rings. The van der Waals surface area contributed by atoms with Crippen LogP contribution in [0.1, 0.15) is 49.8 Å². The van der Waals surface area contributed by atoms with Gasteiger partial charge in [-0.3, -0.25) is 14.7 Å². The van der Waals surface area contributed by atoms with Gasteiger partial charge in [-0.15, -0.1) is 11.6 Å². The maximum atomic E-state index is 14.5. The summed E-state index contributed by atoms with van der Waals surface area (Å²) in [4.78, 5) is 51.5. The fraction of sp³-hybridized carbons (Fsp3) is 0.407. The van der Waals surface area contributed by atoms with Crippen molar-refractivity contribution >= 4 is 46.6 Å². The summed E-state index contributed by atoms with van der Waals surface area (Å²) < 4.78 is 25.2. The zero-order valence-corrected chi connectivity index (χ0v) is 23.6. The molecule has 14 heteroatoms. The van der Waals surface area contributed by atoms with Crippen LogP contribution in [-0.2, 0) is 9.53 Å². The number of hydrogen-bond acceptors (Lipinski definition) is 9. The van der Waals surface area contributed by atoms with Gasteiger partial charge in [0.05, 0.1) is 29.9 Å². The van der Waals surface area contributed by atoms with E-state index >= 15 is 0 Å². The van der Waals surface area contributed by atoms with Crippen LogP contribution in [0.3, 0.4) is 0 Å². The fourth-order valence-corrected chi connectivity index (χ4v) is 4.60. The first kappa shape index (κ1) is 29.7. The highest BCUT2D eigenvalue weighted by molar-refractivity contribution is 6.22. The summed E-state index contributed by atoms with van der Waals surface area (Å²) in [6.07, 6.45) is 6.38. The zero-order chi connectivity index (χ0) is 29.9. The Hall–Kier alpha value is -4.26. The van der Waals surface area contributed by atoms with E-state index in [-0.39, 0.29) is 47.9 Å². The number of carbonyl (C=O) groups excluding carboxylic acids is 2. The normalized spacial score (nSPS) is 20.5. The van der Waals surface area contributed by atoms with Crippen LogP contribution in [0, 0.1) is 0 Å². The topological polar surface area (TPSA) is 156 Å². The van der Waals surface area contributed by atoms with Gasteiger partial charge in [0.2, 0.25) is 0 Å². The molecule has 0 radical (unpaired) electrons. The average Bonchev–Trinajstić information content (AvgIpc) is 3.34. The Bertz CT molecular complexity index is 1410. The zero-order valence-electron chi connectivity index (χ0n) is 22.9. The number of pyridine rings is 1. The quantitative estimate of drug-likeness (QED) is 0.403. The van der Waals surface area contributed by atoms with E-state index in [1.54, 1.807) is 26.8 Å². The Morgan fingerprint density at radius 1 is 1.24 bits per heavy atom. The lowest BCUT2D eigenvalue weighted by atomic mass is 10.0. The van der Waals surface area contributed by atoms with Crippen molar-refractivity contribution in [3.8, 4) is 5.75 Å². The Morgan fingerprint density at radius 2 is 2.00 bits per heavy atom. The van der Waals surface area contributed by atoms with Gasteiger partial charge in [0.15, 0.2) is 17.4 Å². The van der Waals surface area contributed by atoms with Crippen LogP contribution < -0.4 is 15.4 Å². The molecule has 1 saturated heterocycles. The van der Waals surface area contributed by atoms with Crippen molar-refractivity contribution in [1.82, 2.24) is 25.2 Å². The number of halogens is 2. The second-order valence-corrected chi connectivity index (χ2v) is 11.0. The molecule has 3 atom stereocenters. The van der Waals surface area contributed by atoms with E-state index in [9.17, 15) is 23.9 Å². The Morgan fingerprint density at radius 3 is 2.68 bits per heavy atom. The molecule has 2 amide bonds. The number of methoxy groups -OCH3 is 1. The lowest BCUT2D eigenvalue weighted by molar-refractivity contribution is -0.142. The number of rotatable bonds is 7. The second-order valence-electron chi connectivity index (χ2n) is 10.5. The summed E-state index contributed by atoms with van der Waals surface area (Å²) >= 11 is 6.16. The van der Waals surface area contributed by atoms with E-state index < -0.39 is 46.9 Å². The molecule has 1 fully saturated rings. The standard InChI is InChI=1S/C27H30ClFN6O6/c1-27(2,3)41-26(39)35-13-15(10-20(35)25(37)38)32-24(36)17-11-30-8-7-19(17)33-23-21(40-4)12-31-22(34-23)16-9-14(28)5-6-18(16)29/h5-8,11-12,14-15,20H,9-10,13H2,1-4H3,(H,32,36)(H,37,38)(H,30,31,33,34)/t14?,15-,20-/m1/s1. The van der Waals surface area contributed by atoms with Gasteiger partial charge in [-0.1, -0.05) is 6.08 Å². The van der Waals surface area contributed by atoms with Crippen LogP contribution in [0.15, 0.2) is 42.6 Å². The summed E-state index contributed by atoms with van der Waals surface area (Å²) in [5, 5.41) is 15.1. The van der Waals surface area contributed by atoms with Gasteiger partial charge in [0, 0.05) is 37.0 Å². The molecule has 12 nitrogen and oxygen atoms in total. The van der Waals surface area contributed by atoms with Gasteiger partial charge in [-0.25, -0.2) is 23.9 Å². The molecule has 218 valence electrons. The molecule has 0 aromatic carbocycles. The van der Waals surface area contributed by atoms with Crippen molar-refractivity contribution in [3.05, 3.63) is 54.0 Å². The van der Waals surface area contributed by atoms with E-state index in [4.69, 9.17) is 21.1 Å². The largest absolute Gasteiger partial charge is 0.491 e. The van der Waals surface area contributed by atoms with E-state index in [1.165, 1.54) is 37.8 Å². The monoisotopic (exact) mass is 588 g/mol. The number of nitrogens with one attached hydrogen (secondary N) is 2. The van der Waals surface area contributed by atoms with Crippen LogP contribution >= 0.6 is 11.6 Å². The molecular formula is C27H30ClFN6O6. The predicted molar refractivity (Wildman–Crippen MR) is 148 cm³/mol. The number of likely N-dealkylation sites (tertiary alicyclic amines) is 1. The molecule has 0 saturated carbocycles. The van der Waals surface area contributed by atoms with Crippen molar-refractivity contribution in [2.45, 2.75) is 56.7 Å². The Kier molecular flexibility index (Phi) is 8.76. The first-order valence-electron chi connectivity index (χ1n) is 12.7. The number of anilines is 2. The number of amides is 2. The molecule has 1 aliphatic carbocycles. The van der Waals surface area contributed by atoms with Crippen molar-refractivity contribution in [2.24, 2.45) is 0 Å². The fourth-order valence-electron chi connectivity index (χ4n) is 4.38. The number of allylic oxidation sites excluding steroid dienone is 4. The smallest absolute Gasteiger partial charge is 0.411 e. The number of carboxylic acid groups (broad SMARTS) is 1. The van der Waals surface area contributed by atoms with Gasteiger partial charge < -0.3 is 25.2 Å². The SMILES string of the molecule is COc1cnc(C2=C(F)C=CC(Cl)C2)nc1Nc1ccncc1C(=O)N[C@@H]1C[C@H](C(=O)O)N(C(=O)OC(C)(C)C)C1. The predicted octanol–water partition coefficient (Wildman–Crippen LogP) is 4.06. The minimum absolute atomic E-state index is 0.0108. The molecule has 0 spiro atoms. The van der Waals surface area contributed by atoms with Crippen molar-refractivity contribution in [2.75, 3.05) is 19.0 Å². The summed E-state index contributed by atoms with van der Waals surface area (Å²) in [6.45, 7) is 4.98. The highest BCUT2D eigenvalue weighted by atomic mass is 35.5. The number of carbonyl (C=O) groups is 3. The van der Waals surface area contributed by atoms with Crippen molar-refractivity contribution in [3.63, 3.8) is 0 Å². The summed E-state index contributed by atoms with van der Waals surface area (Å²) in [5.41, 5.74) is -0.175. The molecule has 1 unspecified atom stereocenters. The Balaban J connectivity index is 1.55. The Labute approximate surface area is 240 Å². The molecule has 3 N–H and O–H groups in total. The van der Waals surface area contributed by atoms with Crippen LogP contribution in [-0.4, -0.2) is 79.6 Å². The van der Waals surface area contributed by atoms with E-state index in [0.717, 1.165) is 4.90 Å². The lowest BCUT2D eigenvalue weighted by Gasteiger charge is -2.26. The summed E-state index contributed by atoms with van der Waals surface area (Å²) in [7, 11) is 1.41. The van der Waals surface area contributed by atoms with E-state index in [2.05, 4.69) is 25.6 Å². The van der Waals surface area contributed by atoms with E-state index in [1.807, 2.05) is 0 Å². The van der Waals surface area contributed by atoms with Crippen molar-refractivity contribution in [1.29, 1.82) is 0 Å². The number of hydrogen-bond donors (Lipinski definition) is 3. The molecule has 0 bridgehead atoms.